The van der Waals surface area contributed by atoms with E-state index >= 15 is 0 Å². The van der Waals surface area contributed by atoms with Gasteiger partial charge in [0.25, 0.3) is 11.8 Å². The van der Waals surface area contributed by atoms with Crippen molar-refractivity contribution in [1.82, 2.24) is 4.90 Å². The number of thiophene rings is 1. The maximum atomic E-state index is 13.4. The van der Waals surface area contributed by atoms with Crippen LogP contribution < -0.4 is 10.1 Å². The molecule has 2 aliphatic rings. The first-order valence-electron chi connectivity index (χ1n) is 11.6. The van der Waals surface area contributed by atoms with Crippen molar-refractivity contribution < 1.29 is 19.1 Å². The minimum Gasteiger partial charge on any atom is -0.425 e. The Balaban J connectivity index is 1.29. The molecule has 6 nitrogen and oxygen atoms in total. The second-order valence-electron chi connectivity index (χ2n) is 8.82. The molecule has 0 radical (unpaired) electrons. The molecule has 34 heavy (non-hydrogen) atoms. The van der Waals surface area contributed by atoms with Gasteiger partial charge in [-0.3, -0.25) is 9.59 Å². The summed E-state index contributed by atoms with van der Waals surface area (Å²) in [6, 6.07) is 18.9. The molecule has 1 aliphatic carbocycles. The van der Waals surface area contributed by atoms with Crippen molar-refractivity contribution in [3.05, 3.63) is 82.6 Å². The summed E-state index contributed by atoms with van der Waals surface area (Å²) in [7, 11) is 0. The van der Waals surface area contributed by atoms with Crippen molar-refractivity contribution in [1.29, 1.82) is 0 Å². The summed E-state index contributed by atoms with van der Waals surface area (Å²) in [5.74, 6) is 0.0240. The highest BCUT2D eigenvalue weighted by Crippen LogP contribution is 2.41. The van der Waals surface area contributed by atoms with Gasteiger partial charge in [0.05, 0.1) is 4.88 Å². The molecule has 1 saturated heterocycles. The lowest BCUT2D eigenvalue weighted by Crippen LogP contribution is -2.47. The van der Waals surface area contributed by atoms with Gasteiger partial charge in [-0.15, -0.1) is 11.3 Å². The van der Waals surface area contributed by atoms with Crippen LogP contribution in [0.4, 0.5) is 5.69 Å². The van der Waals surface area contributed by atoms with E-state index in [1.54, 1.807) is 47.4 Å². The number of carbonyl (C=O) groups excluding carboxylic acids is 3. The van der Waals surface area contributed by atoms with Crippen LogP contribution in [-0.4, -0.2) is 34.8 Å². The number of ether oxygens (including phenoxy) is 1. The Morgan fingerprint density at radius 2 is 1.68 bits per heavy atom. The molecule has 5 rings (SSSR count). The molecule has 1 aromatic heterocycles. The quantitative estimate of drug-likeness (QED) is 0.398. The fourth-order valence-corrected chi connectivity index (χ4v) is 5.70. The van der Waals surface area contributed by atoms with Gasteiger partial charge in [0.2, 0.25) is 0 Å². The summed E-state index contributed by atoms with van der Waals surface area (Å²) in [5, 5.41) is 4.68. The third-order valence-electron chi connectivity index (χ3n) is 6.69. The molecule has 2 amide bonds. The van der Waals surface area contributed by atoms with Gasteiger partial charge in [0, 0.05) is 17.3 Å². The Kier molecular flexibility index (Phi) is 6.45. The fourth-order valence-electron chi connectivity index (χ4n) is 5.08. The van der Waals surface area contributed by atoms with Gasteiger partial charge in [0.1, 0.15) is 11.8 Å². The number of carbonyl (C=O) groups is 3. The van der Waals surface area contributed by atoms with Crippen LogP contribution in [0, 0.1) is 5.92 Å². The highest BCUT2D eigenvalue weighted by atomic mass is 32.1. The van der Waals surface area contributed by atoms with E-state index in [4.69, 9.17) is 4.74 Å². The van der Waals surface area contributed by atoms with Crippen molar-refractivity contribution in [3.8, 4) is 5.75 Å². The van der Waals surface area contributed by atoms with Crippen LogP contribution in [0.25, 0.3) is 0 Å². The first-order valence-corrected chi connectivity index (χ1v) is 12.5. The molecule has 1 aliphatic heterocycles. The van der Waals surface area contributed by atoms with Crippen molar-refractivity contribution in [2.75, 3.05) is 5.32 Å². The molecule has 2 aromatic carbocycles. The number of esters is 1. The van der Waals surface area contributed by atoms with Crippen molar-refractivity contribution in [2.45, 2.75) is 44.2 Å². The predicted octanol–water partition coefficient (Wildman–Crippen LogP) is 5.38. The van der Waals surface area contributed by atoms with Crippen LogP contribution in [-0.2, 0) is 4.79 Å². The zero-order valence-corrected chi connectivity index (χ0v) is 19.5. The first-order chi connectivity index (χ1) is 16.6. The summed E-state index contributed by atoms with van der Waals surface area (Å²) in [4.78, 5) is 41.3. The lowest BCUT2D eigenvalue weighted by Gasteiger charge is -2.33. The number of likely N-dealkylation sites (tertiary alicyclic amines) is 1. The standard InChI is InChI=1S/C27H26N2O4S/c30-25(24-11-6-16-34-24)28-20-12-14-21(15-13-20)33-27(32)23-17-19-9-4-5-10-22(19)29(23)26(31)18-7-2-1-3-8-18/h1-3,6-8,11-16,19,22-23H,4-5,9-10,17H2,(H,28,30). The SMILES string of the molecule is O=C(Nc1ccc(OC(=O)C2CC3CCCCC3N2C(=O)c2ccccc2)cc1)c1cccs1. The Bertz CT molecular complexity index is 1160. The van der Waals surface area contributed by atoms with Crippen LogP contribution in [0.2, 0.25) is 0 Å². The average Bonchev–Trinajstić information content (AvgIpc) is 3.54. The summed E-state index contributed by atoms with van der Waals surface area (Å²) in [5.41, 5.74) is 1.21. The molecule has 0 bridgehead atoms. The molecule has 0 spiro atoms. The zero-order chi connectivity index (χ0) is 23.5. The number of nitrogens with one attached hydrogen (secondary N) is 1. The molecule has 174 valence electrons. The third-order valence-corrected chi connectivity index (χ3v) is 7.56. The fraction of sp³-hybridized carbons (Fsp3) is 0.296. The highest BCUT2D eigenvalue weighted by Gasteiger charge is 2.48. The van der Waals surface area contributed by atoms with Gasteiger partial charge in [-0.2, -0.15) is 0 Å². The van der Waals surface area contributed by atoms with Crippen molar-refractivity contribution >= 4 is 34.8 Å². The summed E-state index contributed by atoms with van der Waals surface area (Å²) < 4.78 is 5.71. The van der Waals surface area contributed by atoms with Crippen molar-refractivity contribution in [3.63, 3.8) is 0 Å². The second kappa shape index (κ2) is 9.81. The number of nitrogens with zero attached hydrogens (tertiary/aromatic N) is 1. The second-order valence-corrected chi connectivity index (χ2v) is 9.77. The van der Waals surface area contributed by atoms with Gasteiger partial charge in [0.15, 0.2) is 0 Å². The maximum absolute atomic E-state index is 13.4. The molecule has 1 saturated carbocycles. The minimum absolute atomic E-state index is 0.0776. The number of benzene rings is 2. The number of hydrogen-bond acceptors (Lipinski definition) is 5. The van der Waals surface area contributed by atoms with Gasteiger partial charge in [-0.25, -0.2) is 4.79 Å². The molecule has 7 heteroatoms. The molecule has 2 fully saturated rings. The lowest BCUT2D eigenvalue weighted by atomic mass is 9.84. The van der Waals surface area contributed by atoms with Gasteiger partial charge in [-0.1, -0.05) is 37.1 Å². The van der Waals surface area contributed by atoms with Crippen LogP contribution in [0.1, 0.15) is 52.1 Å². The summed E-state index contributed by atoms with van der Waals surface area (Å²) in [6.07, 6.45) is 4.80. The first kappa shape index (κ1) is 22.3. The van der Waals surface area contributed by atoms with Gasteiger partial charge < -0.3 is 15.0 Å². The maximum Gasteiger partial charge on any atom is 0.334 e. The monoisotopic (exact) mass is 474 g/mol. The number of anilines is 1. The Morgan fingerprint density at radius 1 is 0.912 bits per heavy atom. The molecule has 3 atom stereocenters. The summed E-state index contributed by atoms with van der Waals surface area (Å²) >= 11 is 1.37. The number of rotatable bonds is 5. The van der Waals surface area contributed by atoms with Crippen LogP contribution in [0.15, 0.2) is 72.1 Å². The summed E-state index contributed by atoms with van der Waals surface area (Å²) in [6.45, 7) is 0. The third kappa shape index (κ3) is 4.61. The van der Waals surface area contributed by atoms with E-state index in [1.807, 2.05) is 29.6 Å². The average molecular weight is 475 g/mol. The van der Waals surface area contributed by atoms with Crippen LogP contribution in [0.5, 0.6) is 5.75 Å². The van der Waals surface area contributed by atoms with E-state index in [-0.39, 0.29) is 17.9 Å². The van der Waals surface area contributed by atoms with Gasteiger partial charge in [-0.05, 0) is 73.0 Å². The zero-order valence-electron chi connectivity index (χ0n) is 18.7. The van der Waals surface area contributed by atoms with Gasteiger partial charge >= 0.3 is 5.97 Å². The van der Waals surface area contributed by atoms with E-state index in [9.17, 15) is 14.4 Å². The van der Waals surface area contributed by atoms with E-state index < -0.39 is 12.0 Å². The van der Waals surface area contributed by atoms with E-state index in [0.717, 1.165) is 25.7 Å². The Labute approximate surface area is 202 Å². The molecule has 3 aromatic rings. The van der Waals surface area contributed by atoms with Crippen molar-refractivity contribution in [2.24, 2.45) is 5.92 Å². The normalized spacial score (nSPS) is 21.5. The topological polar surface area (TPSA) is 75.7 Å². The highest BCUT2D eigenvalue weighted by molar-refractivity contribution is 7.12. The predicted molar refractivity (Wildman–Crippen MR) is 131 cm³/mol. The van der Waals surface area contributed by atoms with Crippen LogP contribution >= 0.6 is 11.3 Å². The molecular formula is C27H26N2O4S. The smallest absolute Gasteiger partial charge is 0.334 e. The Hall–Kier alpha value is -3.45. The molecule has 3 unspecified atom stereocenters. The molecule has 1 N–H and O–H groups in total. The number of fused-ring (bicyclic) bond motifs is 1. The van der Waals surface area contributed by atoms with E-state index in [2.05, 4.69) is 5.32 Å². The largest absolute Gasteiger partial charge is 0.425 e. The van der Waals surface area contributed by atoms with E-state index in [1.165, 1.54) is 11.3 Å². The van der Waals surface area contributed by atoms with Crippen LogP contribution in [0.3, 0.4) is 0 Å². The lowest BCUT2D eigenvalue weighted by molar-refractivity contribution is -0.139. The number of amides is 2. The molecule has 2 heterocycles. The van der Waals surface area contributed by atoms with E-state index in [0.29, 0.717) is 34.2 Å². The number of hydrogen-bond donors (Lipinski definition) is 1. The minimum atomic E-state index is -0.598. The molecular weight excluding hydrogens is 448 g/mol. The Morgan fingerprint density at radius 3 is 2.41 bits per heavy atom.